The molecule has 0 bridgehead atoms. The summed E-state index contributed by atoms with van der Waals surface area (Å²) >= 11 is 0. The highest BCUT2D eigenvalue weighted by atomic mass is 16.5. The first-order chi connectivity index (χ1) is 10.3. The third-order valence-electron chi connectivity index (χ3n) is 3.41. The van der Waals surface area contributed by atoms with Gasteiger partial charge in [0.1, 0.15) is 11.9 Å². The van der Waals surface area contributed by atoms with Gasteiger partial charge in [-0.05, 0) is 36.8 Å². The Labute approximate surface area is 123 Å². The molecular weight excluding hydrogens is 262 g/mol. The fraction of sp³-hybridized carbons (Fsp3) is 0.167. The summed E-state index contributed by atoms with van der Waals surface area (Å²) in [5.41, 5.74) is 2.35. The van der Waals surface area contributed by atoms with Crippen molar-refractivity contribution in [1.82, 2.24) is 4.98 Å². The lowest BCUT2D eigenvalue weighted by atomic mass is 10.0. The average Bonchev–Trinajstić information content (AvgIpc) is 2.55. The predicted molar refractivity (Wildman–Crippen MR) is 83.4 cm³/mol. The van der Waals surface area contributed by atoms with Gasteiger partial charge in [0.2, 0.25) is 0 Å². The second-order valence-electron chi connectivity index (χ2n) is 4.83. The number of para-hydroxylation sites is 1. The van der Waals surface area contributed by atoms with Crippen molar-refractivity contribution in [2.75, 3.05) is 6.61 Å². The van der Waals surface area contributed by atoms with Crippen LogP contribution in [0.2, 0.25) is 0 Å². The topological polar surface area (TPSA) is 42.4 Å². The number of aromatic nitrogens is 1. The van der Waals surface area contributed by atoms with E-state index in [1.807, 2.05) is 67.6 Å². The fourth-order valence-corrected chi connectivity index (χ4v) is 2.32. The van der Waals surface area contributed by atoms with Gasteiger partial charge in [-0.1, -0.05) is 36.4 Å². The van der Waals surface area contributed by atoms with Crippen LogP contribution in [0.25, 0.3) is 10.9 Å². The Morgan fingerprint density at radius 1 is 1.00 bits per heavy atom. The molecule has 0 amide bonds. The first kappa shape index (κ1) is 13.6. The quantitative estimate of drug-likeness (QED) is 0.791. The molecule has 0 aliphatic rings. The van der Waals surface area contributed by atoms with E-state index in [0.29, 0.717) is 12.3 Å². The Morgan fingerprint density at radius 2 is 1.76 bits per heavy atom. The predicted octanol–water partition coefficient (Wildman–Crippen LogP) is 3.72. The monoisotopic (exact) mass is 279 g/mol. The van der Waals surface area contributed by atoms with Gasteiger partial charge in [-0.15, -0.1) is 0 Å². The van der Waals surface area contributed by atoms with E-state index >= 15 is 0 Å². The van der Waals surface area contributed by atoms with Crippen molar-refractivity contribution < 1.29 is 9.84 Å². The number of ether oxygens (including phenoxy) is 1. The molecular formula is C18H17NO2. The number of hydrogen-bond donors (Lipinski definition) is 1. The lowest BCUT2D eigenvalue weighted by Gasteiger charge is -2.12. The SMILES string of the molecule is CCOc1ccc(C(O)c2ccc3ccccc3n2)cc1. The molecule has 1 aromatic heterocycles. The van der Waals surface area contributed by atoms with Crippen LogP contribution in [0.5, 0.6) is 5.75 Å². The lowest BCUT2D eigenvalue weighted by Crippen LogP contribution is -2.02. The molecule has 3 heteroatoms. The normalized spacial score (nSPS) is 12.3. The highest BCUT2D eigenvalue weighted by Crippen LogP contribution is 2.24. The standard InChI is InChI=1S/C18H17NO2/c1-2-21-15-10-7-14(8-11-15)18(20)17-12-9-13-5-3-4-6-16(13)19-17/h3-12,18,20H,2H2,1H3. The molecule has 3 aromatic rings. The first-order valence-corrected chi connectivity index (χ1v) is 7.04. The third-order valence-corrected chi connectivity index (χ3v) is 3.41. The van der Waals surface area contributed by atoms with Crippen LogP contribution in [0.3, 0.4) is 0 Å². The Morgan fingerprint density at radius 3 is 2.52 bits per heavy atom. The summed E-state index contributed by atoms with van der Waals surface area (Å²) in [6.07, 6.45) is -0.731. The van der Waals surface area contributed by atoms with Crippen LogP contribution in [0.4, 0.5) is 0 Å². The second-order valence-corrected chi connectivity index (χ2v) is 4.83. The van der Waals surface area contributed by atoms with Crippen LogP contribution < -0.4 is 4.74 Å². The van der Waals surface area contributed by atoms with E-state index in [2.05, 4.69) is 4.98 Å². The van der Waals surface area contributed by atoms with Gasteiger partial charge >= 0.3 is 0 Å². The van der Waals surface area contributed by atoms with Crippen molar-refractivity contribution in [3.8, 4) is 5.75 Å². The van der Waals surface area contributed by atoms with Crippen molar-refractivity contribution in [2.24, 2.45) is 0 Å². The third kappa shape index (κ3) is 2.88. The second kappa shape index (κ2) is 5.94. The van der Waals surface area contributed by atoms with Crippen LogP contribution in [0.1, 0.15) is 24.3 Å². The van der Waals surface area contributed by atoms with Crippen LogP contribution in [-0.4, -0.2) is 16.7 Å². The summed E-state index contributed by atoms with van der Waals surface area (Å²) in [6, 6.07) is 19.2. The van der Waals surface area contributed by atoms with Gasteiger partial charge in [0.25, 0.3) is 0 Å². The minimum Gasteiger partial charge on any atom is -0.494 e. The smallest absolute Gasteiger partial charge is 0.121 e. The molecule has 1 heterocycles. The van der Waals surface area contributed by atoms with Gasteiger partial charge in [-0.3, -0.25) is 0 Å². The van der Waals surface area contributed by atoms with Crippen molar-refractivity contribution >= 4 is 10.9 Å². The number of fused-ring (bicyclic) bond motifs is 1. The number of pyridine rings is 1. The molecule has 0 aliphatic carbocycles. The minimum absolute atomic E-state index is 0.633. The molecule has 106 valence electrons. The Balaban J connectivity index is 1.90. The molecule has 3 rings (SSSR count). The molecule has 1 unspecified atom stereocenters. The van der Waals surface area contributed by atoms with Crippen molar-refractivity contribution in [2.45, 2.75) is 13.0 Å². The van der Waals surface area contributed by atoms with Gasteiger partial charge in [0.15, 0.2) is 0 Å². The van der Waals surface area contributed by atoms with E-state index in [0.717, 1.165) is 22.2 Å². The zero-order chi connectivity index (χ0) is 14.7. The first-order valence-electron chi connectivity index (χ1n) is 7.04. The largest absolute Gasteiger partial charge is 0.494 e. The van der Waals surface area contributed by atoms with Crippen LogP contribution in [-0.2, 0) is 0 Å². The van der Waals surface area contributed by atoms with Crippen molar-refractivity contribution in [1.29, 1.82) is 0 Å². The van der Waals surface area contributed by atoms with Crippen molar-refractivity contribution in [3.05, 3.63) is 71.9 Å². The highest BCUT2D eigenvalue weighted by molar-refractivity contribution is 5.78. The molecule has 0 saturated carbocycles. The molecule has 3 nitrogen and oxygen atoms in total. The number of rotatable bonds is 4. The van der Waals surface area contributed by atoms with Crippen molar-refractivity contribution in [3.63, 3.8) is 0 Å². The lowest BCUT2D eigenvalue weighted by molar-refractivity contribution is 0.215. The van der Waals surface area contributed by atoms with Gasteiger partial charge in [0, 0.05) is 5.39 Å². The molecule has 1 atom stereocenters. The Kier molecular flexibility index (Phi) is 3.84. The molecule has 1 N–H and O–H groups in total. The van der Waals surface area contributed by atoms with Gasteiger partial charge in [-0.25, -0.2) is 4.98 Å². The molecule has 0 radical (unpaired) electrons. The molecule has 0 spiro atoms. The zero-order valence-electron chi connectivity index (χ0n) is 11.9. The Hall–Kier alpha value is -2.39. The number of hydrogen-bond acceptors (Lipinski definition) is 3. The maximum Gasteiger partial charge on any atom is 0.121 e. The van der Waals surface area contributed by atoms with Crippen LogP contribution in [0, 0.1) is 0 Å². The highest BCUT2D eigenvalue weighted by Gasteiger charge is 2.12. The minimum atomic E-state index is -0.731. The average molecular weight is 279 g/mol. The van der Waals surface area contributed by atoms with E-state index in [1.54, 1.807) is 0 Å². The molecule has 21 heavy (non-hydrogen) atoms. The number of aliphatic hydroxyl groups excluding tert-OH is 1. The van der Waals surface area contributed by atoms with Crippen LogP contribution >= 0.6 is 0 Å². The Bertz CT molecular complexity index is 738. The number of nitrogens with zero attached hydrogens (tertiary/aromatic N) is 1. The van der Waals surface area contributed by atoms with E-state index in [1.165, 1.54) is 0 Å². The maximum atomic E-state index is 10.5. The molecule has 2 aromatic carbocycles. The molecule has 0 saturated heterocycles. The number of benzene rings is 2. The van der Waals surface area contributed by atoms with E-state index < -0.39 is 6.10 Å². The van der Waals surface area contributed by atoms with E-state index in [-0.39, 0.29) is 0 Å². The maximum absolute atomic E-state index is 10.5. The molecule has 0 aliphatic heterocycles. The summed E-state index contributed by atoms with van der Waals surface area (Å²) in [5.74, 6) is 0.805. The van der Waals surface area contributed by atoms with E-state index in [9.17, 15) is 5.11 Å². The summed E-state index contributed by atoms with van der Waals surface area (Å²) in [5, 5.41) is 11.5. The summed E-state index contributed by atoms with van der Waals surface area (Å²) in [6.45, 7) is 2.58. The molecule has 0 fully saturated rings. The summed E-state index contributed by atoms with van der Waals surface area (Å²) < 4.78 is 5.41. The van der Waals surface area contributed by atoms with Gasteiger partial charge in [-0.2, -0.15) is 0 Å². The van der Waals surface area contributed by atoms with E-state index in [4.69, 9.17) is 4.74 Å². The fourth-order valence-electron chi connectivity index (χ4n) is 2.32. The summed E-state index contributed by atoms with van der Waals surface area (Å²) in [4.78, 5) is 4.53. The van der Waals surface area contributed by atoms with Crippen LogP contribution in [0.15, 0.2) is 60.7 Å². The van der Waals surface area contributed by atoms with Gasteiger partial charge < -0.3 is 9.84 Å². The van der Waals surface area contributed by atoms with Gasteiger partial charge in [0.05, 0.1) is 17.8 Å². The zero-order valence-corrected chi connectivity index (χ0v) is 11.9. The number of aliphatic hydroxyl groups is 1. The summed E-state index contributed by atoms with van der Waals surface area (Å²) in [7, 11) is 0.